The first-order valence-electron chi connectivity index (χ1n) is 8.16. The summed E-state index contributed by atoms with van der Waals surface area (Å²) in [6.45, 7) is 2.06. The van der Waals surface area contributed by atoms with Crippen LogP contribution in [0, 0.1) is 0 Å². The Hall–Kier alpha value is -1.51. The summed E-state index contributed by atoms with van der Waals surface area (Å²) in [7, 11) is 0. The molecule has 1 rings (SSSR count). The molecule has 0 spiro atoms. The molecule has 0 radical (unpaired) electrons. The van der Waals surface area contributed by atoms with Crippen molar-refractivity contribution in [2.24, 2.45) is 0 Å². The maximum Gasteiger partial charge on any atom is 0.506 e. The molecule has 3 heteroatoms. The van der Waals surface area contributed by atoms with Gasteiger partial charge in [-0.05, 0) is 37.7 Å². The normalized spacial score (nSPS) is 12.0. The predicted molar refractivity (Wildman–Crippen MR) is 85.7 cm³/mol. The van der Waals surface area contributed by atoms with Crippen LogP contribution < -0.4 is 0 Å². The van der Waals surface area contributed by atoms with Gasteiger partial charge in [-0.2, -0.15) is 0 Å². The first kappa shape index (κ1) is 17.5. The maximum atomic E-state index is 10.6. The topological polar surface area (TPSA) is 46.5 Å². The molecular weight excluding hydrogens is 264 g/mol. The SMILES string of the molecule is CCCC(CCCCCCCc1ccccc1)OC(=O)O. The van der Waals surface area contributed by atoms with Crippen LogP contribution in [0.5, 0.6) is 0 Å². The van der Waals surface area contributed by atoms with E-state index >= 15 is 0 Å². The van der Waals surface area contributed by atoms with Crippen LogP contribution in [0.2, 0.25) is 0 Å². The van der Waals surface area contributed by atoms with Crippen molar-refractivity contribution in [2.45, 2.75) is 70.8 Å². The minimum Gasteiger partial charge on any atom is -0.450 e. The highest BCUT2D eigenvalue weighted by Gasteiger charge is 2.11. The Bertz CT molecular complexity index is 375. The van der Waals surface area contributed by atoms with Gasteiger partial charge in [0.25, 0.3) is 0 Å². The summed E-state index contributed by atoms with van der Waals surface area (Å²) in [4.78, 5) is 10.6. The molecule has 1 aromatic carbocycles. The van der Waals surface area contributed by atoms with Crippen molar-refractivity contribution in [3.8, 4) is 0 Å². The first-order chi connectivity index (χ1) is 10.2. The van der Waals surface area contributed by atoms with Crippen LogP contribution >= 0.6 is 0 Å². The second-order valence-electron chi connectivity index (χ2n) is 5.59. The van der Waals surface area contributed by atoms with Crippen LogP contribution in [-0.4, -0.2) is 17.4 Å². The fourth-order valence-electron chi connectivity index (χ4n) is 2.60. The van der Waals surface area contributed by atoms with Gasteiger partial charge in [-0.15, -0.1) is 0 Å². The van der Waals surface area contributed by atoms with Crippen LogP contribution in [0.15, 0.2) is 30.3 Å². The predicted octanol–water partition coefficient (Wildman–Crippen LogP) is 5.43. The van der Waals surface area contributed by atoms with Crippen LogP contribution in [0.4, 0.5) is 4.79 Å². The lowest BCUT2D eigenvalue weighted by Gasteiger charge is -2.14. The van der Waals surface area contributed by atoms with Gasteiger partial charge in [-0.25, -0.2) is 4.79 Å². The summed E-state index contributed by atoms with van der Waals surface area (Å²) in [5.74, 6) is 0. The van der Waals surface area contributed by atoms with E-state index in [0.717, 1.165) is 38.5 Å². The van der Waals surface area contributed by atoms with Gasteiger partial charge in [0.1, 0.15) is 6.10 Å². The number of aryl methyl sites for hydroxylation is 1. The summed E-state index contributed by atoms with van der Waals surface area (Å²) in [6, 6.07) is 10.6. The average molecular weight is 292 g/mol. The Labute approximate surface area is 128 Å². The Morgan fingerprint density at radius 3 is 2.38 bits per heavy atom. The zero-order chi connectivity index (χ0) is 15.3. The van der Waals surface area contributed by atoms with Crippen molar-refractivity contribution >= 4 is 6.16 Å². The molecule has 0 aromatic heterocycles. The summed E-state index contributed by atoms with van der Waals surface area (Å²) in [5, 5.41) is 8.67. The summed E-state index contributed by atoms with van der Waals surface area (Å²) >= 11 is 0. The molecular formula is C18H28O3. The average Bonchev–Trinajstić information content (AvgIpc) is 2.47. The number of hydrogen-bond acceptors (Lipinski definition) is 2. The van der Waals surface area contributed by atoms with E-state index in [1.807, 2.05) is 0 Å². The highest BCUT2D eigenvalue weighted by atomic mass is 16.7. The van der Waals surface area contributed by atoms with Gasteiger partial charge in [0.15, 0.2) is 0 Å². The third-order valence-corrected chi connectivity index (χ3v) is 3.71. The van der Waals surface area contributed by atoms with E-state index < -0.39 is 6.16 Å². The Kier molecular flexibility index (Phi) is 9.34. The molecule has 1 aromatic rings. The van der Waals surface area contributed by atoms with E-state index in [9.17, 15) is 4.79 Å². The van der Waals surface area contributed by atoms with Crippen molar-refractivity contribution in [3.63, 3.8) is 0 Å². The Balaban J connectivity index is 2.01. The molecule has 0 fully saturated rings. The number of ether oxygens (including phenoxy) is 1. The van der Waals surface area contributed by atoms with E-state index in [-0.39, 0.29) is 6.10 Å². The number of unbranched alkanes of at least 4 members (excludes halogenated alkanes) is 4. The number of benzene rings is 1. The number of carboxylic acid groups (broad SMARTS) is 1. The monoisotopic (exact) mass is 292 g/mol. The summed E-state index contributed by atoms with van der Waals surface area (Å²) in [5.41, 5.74) is 1.41. The largest absolute Gasteiger partial charge is 0.506 e. The molecule has 0 amide bonds. The van der Waals surface area contributed by atoms with Gasteiger partial charge in [-0.3, -0.25) is 0 Å². The molecule has 1 N–H and O–H groups in total. The first-order valence-corrected chi connectivity index (χ1v) is 8.16. The molecule has 1 atom stereocenters. The lowest BCUT2D eigenvalue weighted by atomic mass is 10.0. The highest BCUT2D eigenvalue weighted by molar-refractivity contribution is 5.57. The second-order valence-corrected chi connectivity index (χ2v) is 5.59. The third kappa shape index (κ3) is 9.11. The summed E-state index contributed by atoms with van der Waals surface area (Å²) < 4.78 is 4.89. The van der Waals surface area contributed by atoms with Crippen molar-refractivity contribution in [2.75, 3.05) is 0 Å². The standard InChI is InChI=1S/C18H28O3/c1-2-11-17(21-18(19)20)15-10-5-3-4-7-12-16-13-8-6-9-14-16/h6,8-9,13-14,17H,2-5,7,10-12,15H2,1H3,(H,19,20). The molecule has 1 unspecified atom stereocenters. The van der Waals surface area contributed by atoms with Gasteiger partial charge in [0.05, 0.1) is 0 Å². The zero-order valence-electron chi connectivity index (χ0n) is 13.1. The van der Waals surface area contributed by atoms with Crippen molar-refractivity contribution in [1.82, 2.24) is 0 Å². The molecule has 21 heavy (non-hydrogen) atoms. The molecule has 0 saturated carbocycles. The third-order valence-electron chi connectivity index (χ3n) is 3.71. The van der Waals surface area contributed by atoms with Gasteiger partial charge >= 0.3 is 6.16 Å². The minimum atomic E-state index is -1.14. The number of carbonyl (C=O) groups is 1. The molecule has 0 aliphatic carbocycles. The molecule has 118 valence electrons. The Morgan fingerprint density at radius 1 is 1.05 bits per heavy atom. The highest BCUT2D eigenvalue weighted by Crippen LogP contribution is 2.14. The maximum absolute atomic E-state index is 10.6. The lowest BCUT2D eigenvalue weighted by molar-refractivity contribution is 0.0431. The van der Waals surface area contributed by atoms with E-state index in [4.69, 9.17) is 9.84 Å². The molecule has 3 nitrogen and oxygen atoms in total. The molecule has 0 bridgehead atoms. The van der Waals surface area contributed by atoms with E-state index in [0.29, 0.717) is 0 Å². The van der Waals surface area contributed by atoms with E-state index in [1.165, 1.54) is 24.8 Å². The Morgan fingerprint density at radius 2 is 1.71 bits per heavy atom. The van der Waals surface area contributed by atoms with E-state index in [1.54, 1.807) is 0 Å². The fourth-order valence-corrected chi connectivity index (χ4v) is 2.60. The van der Waals surface area contributed by atoms with Crippen molar-refractivity contribution in [1.29, 1.82) is 0 Å². The van der Waals surface area contributed by atoms with Gasteiger partial charge < -0.3 is 9.84 Å². The van der Waals surface area contributed by atoms with Crippen molar-refractivity contribution in [3.05, 3.63) is 35.9 Å². The quantitative estimate of drug-likeness (QED) is 0.437. The minimum absolute atomic E-state index is 0.114. The number of rotatable bonds is 11. The summed E-state index contributed by atoms with van der Waals surface area (Å²) in [6.07, 6.45) is 8.48. The van der Waals surface area contributed by atoms with Gasteiger partial charge in [0, 0.05) is 0 Å². The van der Waals surface area contributed by atoms with Crippen molar-refractivity contribution < 1.29 is 14.6 Å². The molecule has 0 aliphatic heterocycles. The van der Waals surface area contributed by atoms with Gasteiger partial charge in [0.2, 0.25) is 0 Å². The van der Waals surface area contributed by atoms with Crippen LogP contribution in [0.1, 0.15) is 63.9 Å². The van der Waals surface area contributed by atoms with Crippen LogP contribution in [0.25, 0.3) is 0 Å². The number of hydrogen-bond donors (Lipinski definition) is 1. The van der Waals surface area contributed by atoms with Gasteiger partial charge in [-0.1, -0.05) is 62.9 Å². The zero-order valence-corrected chi connectivity index (χ0v) is 13.1. The van der Waals surface area contributed by atoms with E-state index in [2.05, 4.69) is 37.3 Å². The second kappa shape index (κ2) is 11.2. The lowest BCUT2D eigenvalue weighted by Crippen LogP contribution is -2.16. The smallest absolute Gasteiger partial charge is 0.450 e. The molecule has 0 heterocycles. The van der Waals surface area contributed by atoms with Crippen LogP contribution in [-0.2, 0) is 11.2 Å². The fraction of sp³-hybridized carbons (Fsp3) is 0.611. The molecule has 0 aliphatic rings. The molecule has 0 saturated heterocycles. The van der Waals surface area contributed by atoms with Crippen LogP contribution in [0.3, 0.4) is 0 Å².